The van der Waals surface area contributed by atoms with Gasteiger partial charge < -0.3 is 9.84 Å². The van der Waals surface area contributed by atoms with Crippen LogP contribution in [-0.2, 0) is 11.3 Å². The van der Waals surface area contributed by atoms with Gasteiger partial charge in [-0.1, -0.05) is 64.8 Å². The number of nitrogens with zero attached hydrogens (tertiary/aromatic N) is 4. The van der Waals surface area contributed by atoms with Crippen LogP contribution in [0.1, 0.15) is 5.56 Å². The smallest absolute Gasteiger partial charge is 0.279 e. The van der Waals surface area contributed by atoms with E-state index in [2.05, 4.69) is 20.6 Å². The molecule has 0 atom stereocenters. The summed E-state index contributed by atoms with van der Waals surface area (Å²) in [5.74, 6) is 0.575. The van der Waals surface area contributed by atoms with Crippen molar-refractivity contribution in [2.24, 2.45) is 0 Å². The van der Waals surface area contributed by atoms with Crippen molar-refractivity contribution in [2.75, 3.05) is 5.32 Å². The van der Waals surface area contributed by atoms with Crippen molar-refractivity contribution in [1.29, 1.82) is 0 Å². The third-order valence-electron chi connectivity index (χ3n) is 5.02. The molecule has 0 fully saturated rings. The van der Waals surface area contributed by atoms with Crippen LogP contribution in [0.3, 0.4) is 0 Å². The highest BCUT2D eigenvalue weighted by Gasteiger charge is 2.19. The van der Waals surface area contributed by atoms with Gasteiger partial charge in [0.2, 0.25) is 11.7 Å². The van der Waals surface area contributed by atoms with Crippen molar-refractivity contribution >= 4 is 34.1 Å². The van der Waals surface area contributed by atoms with Crippen LogP contribution in [0.5, 0.6) is 0 Å². The molecule has 2 aromatic heterocycles. The maximum atomic E-state index is 12.6. The van der Waals surface area contributed by atoms with E-state index < -0.39 is 0 Å². The lowest BCUT2D eigenvalue weighted by molar-refractivity contribution is -0.116. The van der Waals surface area contributed by atoms with Crippen LogP contribution < -0.4 is 5.32 Å². The first-order chi connectivity index (χ1) is 15.6. The monoisotopic (exact) mass is 443 g/mol. The van der Waals surface area contributed by atoms with Crippen molar-refractivity contribution < 1.29 is 9.32 Å². The molecule has 158 valence electrons. The Morgan fingerprint density at radius 1 is 1.03 bits per heavy atom. The number of anilines is 1. The van der Waals surface area contributed by atoms with Gasteiger partial charge in [0.15, 0.2) is 5.69 Å². The summed E-state index contributed by atoms with van der Waals surface area (Å²) in [6, 6.07) is 22.4. The summed E-state index contributed by atoms with van der Waals surface area (Å²) in [5, 5.41) is 13.0. The Morgan fingerprint density at radius 3 is 2.56 bits per heavy atom. The van der Waals surface area contributed by atoms with Crippen LogP contribution in [-0.4, -0.2) is 25.8 Å². The number of amides is 1. The molecule has 0 aliphatic heterocycles. The maximum Gasteiger partial charge on any atom is 0.279 e. The molecular formula is C24H18ClN5O2. The zero-order valence-electron chi connectivity index (χ0n) is 17.1. The van der Waals surface area contributed by atoms with E-state index in [1.807, 2.05) is 55.5 Å². The number of benzene rings is 3. The van der Waals surface area contributed by atoms with Gasteiger partial charge in [-0.05, 0) is 37.3 Å². The molecule has 0 aliphatic rings. The first-order valence-corrected chi connectivity index (χ1v) is 10.4. The summed E-state index contributed by atoms with van der Waals surface area (Å²) in [4.78, 5) is 17.1. The molecule has 0 aliphatic carbocycles. The Bertz CT molecular complexity index is 1400. The van der Waals surface area contributed by atoms with Crippen molar-refractivity contribution in [1.82, 2.24) is 19.9 Å². The largest absolute Gasteiger partial charge is 0.332 e. The van der Waals surface area contributed by atoms with Crippen LogP contribution in [0.15, 0.2) is 77.3 Å². The molecule has 0 spiro atoms. The fourth-order valence-corrected chi connectivity index (χ4v) is 3.54. The molecule has 0 saturated carbocycles. The molecule has 1 amide bonds. The van der Waals surface area contributed by atoms with Crippen molar-refractivity contribution in [3.8, 4) is 23.0 Å². The molecule has 8 heteroatoms. The molecule has 1 N–H and O–H groups in total. The quantitative estimate of drug-likeness (QED) is 0.395. The molecule has 32 heavy (non-hydrogen) atoms. The van der Waals surface area contributed by atoms with Gasteiger partial charge in [-0.3, -0.25) is 9.48 Å². The molecule has 5 aromatic rings. The predicted molar refractivity (Wildman–Crippen MR) is 123 cm³/mol. The molecule has 5 rings (SSSR count). The third-order valence-corrected chi connectivity index (χ3v) is 5.27. The van der Waals surface area contributed by atoms with Crippen LogP contribution in [0.2, 0.25) is 5.02 Å². The number of nitrogens with one attached hydrogen (secondary N) is 1. The lowest BCUT2D eigenvalue weighted by atomic mass is 10.1. The van der Waals surface area contributed by atoms with E-state index in [4.69, 9.17) is 16.1 Å². The molecular weight excluding hydrogens is 426 g/mol. The summed E-state index contributed by atoms with van der Waals surface area (Å²) in [5.41, 5.74) is 4.00. The SMILES string of the molecule is Cc1ccc(-c2noc(-c3nn(CC(=O)Nc4ccc(Cl)cc4)c4ccccc34)n2)cc1. The van der Waals surface area contributed by atoms with Gasteiger partial charge in [0.25, 0.3) is 5.89 Å². The molecule has 2 heterocycles. The summed E-state index contributed by atoms with van der Waals surface area (Å²) < 4.78 is 7.15. The zero-order chi connectivity index (χ0) is 22.1. The highest BCUT2D eigenvalue weighted by atomic mass is 35.5. The predicted octanol–water partition coefficient (Wildman–Crippen LogP) is 5.35. The average Bonchev–Trinajstić information content (AvgIpc) is 3.41. The number of carbonyl (C=O) groups excluding carboxylic acids is 1. The molecule has 0 unspecified atom stereocenters. The number of hydrogen-bond donors (Lipinski definition) is 1. The lowest BCUT2D eigenvalue weighted by Crippen LogP contribution is -2.19. The maximum absolute atomic E-state index is 12.6. The summed E-state index contributed by atoms with van der Waals surface area (Å²) in [7, 11) is 0. The normalized spacial score (nSPS) is 11.1. The van der Waals surface area contributed by atoms with Crippen LogP contribution in [0.4, 0.5) is 5.69 Å². The third kappa shape index (κ3) is 3.98. The van der Waals surface area contributed by atoms with Gasteiger partial charge in [0.1, 0.15) is 6.54 Å². The number of para-hydroxylation sites is 1. The summed E-state index contributed by atoms with van der Waals surface area (Å²) in [6.07, 6.45) is 0. The Kier molecular flexibility index (Phi) is 5.17. The van der Waals surface area contributed by atoms with Crippen molar-refractivity contribution in [3.63, 3.8) is 0 Å². The van der Waals surface area contributed by atoms with Gasteiger partial charge in [-0.2, -0.15) is 10.1 Å². The van der Waals surface area contributed by atoms with Crippen molar-refractivity contribution in [2.45, 2.75) is 13.5 Å². The second kappa shape index (κ2) is 8.28. The van der Waals surface area contributed by atoms with Crippen LogP contribution >= 0.6 is 11.6 Å². The minimum Gasteiger partial charge on any atom is -0.332 e. The number of hydrogen-bond acceptors (Lipinski definition) is 5. The second-order valence-corrected chi connectivity index (χ2v) is 7.80. The highest BCUT2D eigenvalue weighted by Crippen LogP contribution is 2.28. The van der Waals surface area contributed by atoms with E-state index in [1.54, 1.807) is 28.9 Å². The number of aromatic nitrogens is 4. The zero-order valence-corrected chi connectivity index (χ0v) is 17.9. The fourth-order valence-electron chi connectivity index (χ4n) is 3.42. The van der Waals surface area contributed by atoms with Crippen molar-refractivity contribution in [3.05, 3.63) is 83.4 Å². The number of fused-ring (bicyclic) bond motifs is 1. The Balaban J connectivity index is 1.45. The van der Waals surface area contributed by atoms with E-state index in [-0.39, 0.29) is 12.5 Å². The summed E-state index contributed by atoms with van der Waals surface area (Å²) in [6.45, 7) is 2.05. The topological polar surface area (TPSA) is 85.8 Å². The Morgan fingerprint density at radius 2 is 1.78 bits per heavy atom. The van der Waals surface area contributed by atoms with Gasteiger partial charge >= 0.3 is 0 Å². The number of halogens is 1. The van der Waals surface area contributed by atoms with Gasteiger partial charge in [-0.25, -0.2) is 0 Å². The first kappa shape index (κ1) is 20.0. The van der Waals surface area contributed by atoms with E-state index in [0.29, 0.717) is 28.1 Å². The standard InChI is InChI=1S/C24H18ClN5O2/c1-15-6-8-16(9-7-15)23-27-24(32-29-23)22-19-4-2-3-5-20(19)30(28-22)14-21(31)26-18-12-10-17(25)11-13-18/h2-13H,14H2,1H3,(H,26,31). The molecule has 3 aromatic carbocycles. The van der Waals surface area contributed by atoms with E-state index in [9.17, 15) is 4.79 Å². The van der Waals surface area contributed by atoms with Gasteiger partial charge in [-0.15, -0.1) is 0 Å². The summed E-state index contributed by atoms with van der Waals surface area (Å²) >= 11 is 5.91. The molecule has 0 bridgehead atoms. The molecule has 7 nitrogen and oxygen atoms in total. The number of aryl methyl sites for hydroxylation is 1. The number of carbonyl (C=O) groups is 1. The minimum atomic E-state index is -0.210. The minimum absolute atomic E-state index is 0.0299. The average molecular weight is 444 g/mol. The molecule has 0 saturated heterocycles. The number of rotatable bonds is 5. The Hall–Kier alpha value is -3.97. The van der Waals surface area contributed by atoms with Gasteiger partial charge in [0, 0.05) is 21.7 Å². The van der Waals surface area contributed by atoms with E-state index in [1.165, 1.54) is 0 Å². The fraction of sp³-hybridized carbons (Fsp3) is 0.0833. The van der Waals surface area contributed by atoms with Crippen LogP contribution in [0.25, 0.3) is 33.9 Å². The van der Waals surface area contributed by atoms with Crippen LogP contribution in [0, 0.1) is 6.92 Å². The first-order valence-electron chi connectivity index (χ1n) is 9.99. The second-order valence-electron chi connectivity index (χ2n) is 7.37. The molecule has 0 radical (unpaired) electrons. The van der Waals surface area contributed by atoms with E-state index in [0.717, 1.165) is 22.0 Å². The highest BCUT2D eigenvalue weighted by molar-refractivity contribution is 6.30. The van der Waals surface area contributed by atoms with E-state index >= 15 is 0 Å². The Labute approximate surface area is 188 Å². The lowest BCUT2D eigenvalue weighted by Gasteiger charge is -2.06. The van der Waals surface area contributed by atoms with Gasteiger partial charge in [0.05, 0.1) is 5.52 Å².